The van der Waals surface area contributed by atoms with Crippen molar-refractivity contribution in [2.45, 2.75) is 39.1 Å². The Morgan fingerprint density at radius 1 is 1.13 bits per heavy atom. The Balaban J connectivity index is 2.24. The maximum atomic E-state index is 9.12. The van der Waals surface area contributed by atoms with Crippen molar-refractivity contribution < 1.29 is 4.43 Å². The third kappa shape index (κ3) is 4.54. The first-order chi connectivity index (χ1) is 10.8. The van der Waals surface area contributed by atoms with Crippen molar-refractivity contribution in [2.24, 2.45) is 0 Å². The summed E-state index contributed by atoms with van der Waals surface area (Å²) in [7, 11) is -1.64. The lowest BCUT2D eigenvalue weighted by molar-refractivity contribution is 0.289. The van der Waals surface area contributed by atoms with Gasteiger partial charge >= 0.3 is 0 Å². The molecule has 0 atom stereocenters. The maximum Gasteiger partial charge on any atom is 0.189 e. The monoisotopic (exact) mass is 322 g/mol. The van der Waals surface area contributed by atoms with Crippen LogP contribution in [0, 0.1) is 18.3 Å². The minimum Gasteiger partial charge on any atom is -0.413 e. The fourth-order valence-electron chi connectivity index (χ4n) is 2.20. The molecule has 2 nitrogen and oxygen atoms in total. The predicted octanol–water partition coefficient (Wildman–Crippen LogP) is 5.54. The molecule has 0 aliphatic heterocycles. The molecule has 0 saturated carbocycles. The average Bonchev–Trinajstić information content (AvgIpc) is 2.52. The summed E-state index contributed by atoms with van der Waals surface area (Å²) in [6.45, 7) is 13.6. The summed E-state index contributed by atoms with van der Waals surface area (Å²) >= 11 is 0. The van der Waals surface area contributed by atoms with Gasteiger partial charge in [-0.1, -0.05) is 38.1 Å². The fourth-order valence-corrected chi connectivity index (χ4v) is 3.07. The molecule has 0 aromatic heterocycles. The van der Waals surface area contributed by atoms with Crippen molar-refractivity contribution in [2.75, 3.05) is 0 Å². The van der Waals surface area contributed by atoms with E-state index in [1.54, 1.807) is 6.07 Å². The van der Waals surface area contributed by atoms with Crippen LogP contribution in [0.15, 0.2) is 42.5 Å². The van der Waals surface area contributed by atoms with Gasteiger partial charge in [0.05, 0.1) is 18.2 Å². The van der Waals surface area contributed by atoms with Gasteiger partial charge in [-0.05, 0) is 66.0 Å². The first kappa shape index (κ1) is 17.5. The van der Waals surface area contributed by atoms with Crippen LogP contribution in [-0.4, -0.2) is 8.32 Å². The van der Waals surface area contributed by atoms with Gasteiger partial charge in [0.25, 0.3) is 0 Å². The van der Waals surface area contributed by atoms with Gasteiger partial charge in [-0.25, -0.2) is 0 Å². The van der Waals surface area contributed by atoms with Crippen LogP contribution in [0.3, 0.4) is 0 Å². The van der Waals surface area contributed by atoms with Crippen LogP contribution in [-0.2, 0) is 11.0 Å². The van der Waals surface area contributed by atoms with Gasteiger partial charge < -0.3 is 4.43 Å². The molecule has 23 heavy (non-hydrogen) atoms. The summed E-state index contributed by atoms with van der Waals surface area (Å²) in [5, 5.41) is 9.12. The van der Waals surface area contributed by atoms with Gasteiger partial charge in [0.1, 0.15) is 0 Å². The van der Waals surface area contributed by atoms with E-state index in [4.69, 9.17) is 9.69 Å². The highest BCUT2D eigenvalue weighted by atomic mass is 28.4. The van der Waals surface area contributed by atoms with E-state index in [0.717, 1.165) is 22.3 Å². The van der Waals surface area contributed by atoms with Gasteiger partial charge in [-0.2, -0.15) is 5.26 Å². The van der Waals surface area contributed by atoms with E-state index >= 15 is 0 Å². The summed E-state index contributed by atoms with van der Waals surface area (Å²) < 4.78 is 6.21. The normalized spacial score (nSPS) is 11.5. The SMILES string of the molecule is [CH2]c1cc(C#N)cc(-c2cccc(CO[Si](C)(C)C(C)C)c2)c1. The maximum absolute atomic E-state index is 9.12. The highest BCUT2D eigenvalue weighted by Crippen LogP contribution is 2.26. The molecule has 3 heteroatoms. The van der Waals surface area contributed by atoms with Crippen molar-refractivity contribution in [3.05, 3.63) is 66.1 Å². The van der Waals surface area contributed by atoms with Crippen LogP contribution in [0.25, 0.3) is 11.1 Å². The molecule has 0 aliphatic rings. The zero-order valence-electron chi connectivity index (χ0n) is 14.4. The topological polar surface area (TPSA) is 33.0 Å². The van der Waals surface area contributed by atoms with Gasteiger partial charge in [0, 0.05) is 0 Å². The predicted molar refractivity (Wildman–Crippen MR) is 98.4 cm³/mol. The van der Waals surface area contributed by atoms with Crippen molar-refractivity contribution >= 4 is 8.32 Å². The first-order valence-electron chi connectivity index (χ1n) is 7.92. The molecule has 0 bridgehead atoms. The Kier molecular flexibility index (Phi) is 5.41. The summed E-state index contributed by atoms with van der Waals surface area (Å²) in [4.78, 5) is 0. The molecule has 119 valence electrons. The standard InChI is InChI=1S/C20H24NOSi/c1-15(2)23(4,5)22-14-17-7-6-8-19(11-17)20-10-16(3)9-18(12-20)13-21/h6-12,15H,3,14H2,1-2,4-5H3. The van der Waals surface area contributed by atoms with E-state index in [0.29, 0.717) is 17.7 Å². The lowest BCUT2D eigenvalue weighted by Crippen LogP contribution is -2.33. The molecular weight excluding hydrogens is 298 g/mol. The van der Waals surface area contributed by atoms with Gasteiger partial charge in [0.15, 0.2) is 8.32 Å². The Bertz CT molecular complexity index is 729. The molecule has 0 heterocycles. The minimum atomic E-state index is -1.64. The quantitative estimate of drug-likeness (QED) is 0.677. The lowest BCUT2D eigenvalue weighted by Gasteiger charge is -2.27. The van der Waals surface area contributed by atoms with Gasteiger partial charge in [0.2, 0.25) is 0 Å². The first-order valence-corrected chi connectivity index (χ1v) is 10.9. The van der Waals surface area contributed by atoms with E-state index in [1.165, 1.54) is 0 Å². The Morgan fingerprint density at radius 3 is 2.52 bits per heavy atom. The van der Waals surface area contributed by atoms with Crippen LogP contribution < -0.4 is 0 Å². The van der Waals surface area contributed by atoms with E-state index < -0.39 is 8.32 Å². The molecule has 1 radical (unpaired) electrons. The second-order valence-electron chi connectivity index (χ2n) is 6.78. The van der Waals surface area contributed by atoms with Crippen molar-refractivity contribution in [3.63, 3.8) is 0 Å². The van der Waals surface area contributed by atoms with Crippen LogP contribution >= 0.6 is 0 Å². The second-order valence-corrected chi connectivity index (χ2v) is 11.4. The molecule has 2 rings (SSSR count). The molecule has 0 N–H and O–H groups in total. The van der Waals surface area contributed by atoms with E-state index in [9.17, 15) is 0 Å². The molecule has 0 amide bonds. The molecule has 0 spiro atoms. The van der Waals surface area contributed by atoms with Crippen LogP contribution in [0.4, 0.5) is 0 Å². The molecule has 0 aliphatic carbocycles. The number of rotatable bonds is 5. The highest BCUT2D eigenvalue weighted by Gasteiger charge is 2.26. The van der Waals surface area contributed by atoms with Crippen LogP contribution in [0.1, 0.15) is 30.5 Å². The number of benzene rings is 2. The second kappa shape index (κ2) is 7.12. The van der Waals surface area contributed by atoms with Crippen LogP contribution in [0.2, 0.25) is 18.6 Å². The van der Waals surface area contributed by atoms with Gasteiger partial charge in [-0.15, -0.1) is 0 Å². The van der Waals surface area contributed by atoms with E-state index in [-0.39, 0.29) is 0 Å². The van der Waals surface area contributed by atoms with Crippen LogP contribution in [0.5, 0.6) is 0 Å². The molecule has 2 aromatic rings. The summed E-state index contributed by atoms with van der Waals surface area (Å²) in [6, 6.07) is 16.2. The van der Waals surface area contributed by atoms with E-state index in [1.807, 2.05) is 18.2 Å². The summed E-state index contributed by atoms with van der Waals surface area (Å²) in [5.74, 6) is 0. The zero-order valence-corrected chi connectivity index (χ0v) is 15.4. The largest absolute Gasteiger partial charge is 0.413 e. The number of hydrogen-bond donors (Lipinski definition) is 0. The lowest BCUT2D eigenvalue weighted by atomic mass is 9.99. The molecule has 0 saturated heterocycles. The molecule has 2 aromatic carbocycles. The number of nitriles is 1. The smallest absolute Gasteiger partial charge is 0.189 e. The third-order valence-corrected chi connectivity index (χ3v) is 8.05. The van der Waals surface area contributed by atoms with Crippen molar-refractivity contribution in [1.29, 1.82) is 5.26 Å². The Hall–Kier alpha value is -1.89. The zero-order chi connectivity index (χ0) is 17.0. The summed E-state index contributed by atoms with van der Waals surface area (Å²) in [6.07, 6.45) is 0. The molecule has 0 unspecified atom stereocenters. The highest BCUT2D eigenvalue weighted by molar-refractivity contribution is 6.72. The third-order valence-electron chi connectivity index (χ3n) is 4.38. The molecular formula is C20H24NOSi. The summed E-state index contributed by atoms with van der Waals surface area (Å²) in [5.41, 5.74) is 5.37. The van der Waals surface area contributed by atoms with Crippen molar-refractivity contribution in [1.82, 2.24) is 0 Å². The minimum absolute atomic E-state index is 0.590. The van der Waals surface area contributed by atoms with Crippen molar-refractivity contribution in [3.8, 4) is 17.2 Å². The van der Waals surface area contributed by atoms with Gasteiger partial charge in [-0.3, -0.25) is 0 Å². The Morgan fingerprint density at radius 2 is 1.87 bits per heavy atom. The fraction of sp³-hybridized carbons (Fsp3) is 0.300. The Labute approximate surface area is 140 Å². The number of nitrogens with zero attached hydrogens (tertiary/aromatic N) is 1. The average molecular weight is 323 g/mol. The van der Waals surface area contributed by atoms with E-state index in [2.05, 4.69) is 58.1 Å². The molecule has 0 fully saturated rings. The number of hydrogen-bond acceptors (Lipinski definition) is 2.